The lowest BCUT2D eigenvalue weighted by Gasteiger charge is -2.32. The van der Waals surface area contributed by atoms with Crippen molar-refractivity contribution >= 4 is 17.2 Å². The first kappa shape index (κ1) is 19.3. The topological polar surface area (TPSA) is 66.1 Å². The third-order valence-corrected chi connectivity index (χ3v) is 5.13. The third-order valence-electron chi connectivity index (χ3n) is 5.13. The molecule has 6 nitrogen and oxygen atoms in total. The Hall–Kier alpha value is -2.47. The first-order valence-corrected chi connectivity index (χ1v) is 9.76. The SMILES string of the molecule is C=C(N=C(/C=C\N)N1CCC(C)CC1)Nc1ccc(N2CCOCC2)cc1. The van der Waals surface area contributed by atoms with Crippen molar-refractivity contribution in [1.29, 1.82) is 0 Å². The number of amidine groups is 1. The summed E-state index contributed by atoms with van der Waals surface area (Å²) in [5.74, 6) is 2.25. The summed E-state index contributed by atoms with van der Waals surface area (Å²) < 4.78 is 5.41. The Labute approximate surface area is 162 Å². The highest BCUT2D eigenvalue weighted by molar-refractivity contribution is 5.93. The van der Waals surface area contributed by atoms with Crippen LogP contribution in [-0.4, -0.2) is 50.1 Å². The van der Waals surface area contributed by atoms with Crippen molar-refractivity contribution in [1.82, 2.24) is 4.90 Å². The van der Waals surface area contributed by atoms with Gasteiger partial charge >= 0.3 is 0 Å². The zero-order chi connectivity index (χ0) is 19.1. The van der Waals surface area contributed by atoms with E-state index < -0.39 is 0 Å². The van der Waals surface area contributed by atoms with Gasteiger partial charge in [0.05, 0.1) is 13.2 Å². The standard InChI is InChI=1S/C21H31N5O/c1-17-8-11-26(12-9-17)21(7-10-22)24-18(2)23-19-3-5-20(6-4-19)25-13-15-27-16-14-25/h3-7,10,17,23H,2,8-9,11-16,22H2,1H3/b10-7-,24-21?. The van der Waals surface area contributed by atoms with Gasteiger partial charge in [-0.3, -0.25) is 0 Å². The fourth-order valence-corrected chi connectivity index (χ4v) is 3.45. The van der Waals surface area contributed by atoms with Gasteiger partial charge in [-0.2, -0.15) is 0 Å². The largest absolute Gasteiger partial charge is 0.404 e. The molecular weight excluding hydrogens is 338 g/mol. The minimum Gasteiger partial charge on any atom is -0.404 e. The molecule has 0 unspecified atom stereocenters. The molecule has 1 aromatic carbocycles. The van der Waals surface area contributed by atoms with Crippen LogP contribution in [0.2, 0.25) is 0 Å². The molecule has 6 heteroatoms. The number of likely N-dealkylation sites (tertiary alicyclic amines) is 1. The van der Waals surface area contributed by atoms with Crippen molar-refractivity contribution in [3.05, 3.63) is 48.9 Å². The fraction of sp³-hybridized carbons (Fsp3) is 0.476. The van der Waals surface area contributed by atoms with E-state index in [1.165, 1.54) is 18.5 Å². The molecule has 0 aromatic heterocycles. The number of rotatable bonds is 5. The lowest BCUT2D eigenvalue weighted by Crippen LogP contribution is -2.37. The van der Waals surface area contributed by atoms with Gasteiger partial charge < -0.3 is 25.6 Å². The van der Waals surface area contributed by atoms with E-state index in [9.17, 15) is 0 Å². The number of anilines is 2. The first-order valence-electron chi connectivity index (χ1n) is 9.76. The highest BCUT2D eigenvalue weighted by Crippen LogP contribution is 2.21. The van der Waals surface area contributed by atoms with Gasteiger partial charge in [-0.25, -0.2) is 4.99 Å². The molecule has 146 valence electrons. The summed E-state index contributed by atoms with van der Waals surface area (Å²) in [6.07, 6.45) is 5.76. The maximum absolute atomic E-state index is 5.63. The molecule has 0 bridgehead atoms. The number of hydrogen-bond donors (Lipinski definition) is 2. The van der Waals surface area contributed by atoms with Crippen molar-refractivity contribution < 1.29 is 4.74 Å². The molecule has 1 aromatic rings. The Morgan fingerprint density at radius 2 is 1.85 bits per heavy atom. The molecule has 0 atom stereocenters. The predicted molar refractivity (Wildman–Crippen MR) is 113 cm³/mol. The van der Waals surface area contributed by atoms with Gasteiger partial charge in [-0.1, -0.05) is 13.5 Å². The summed E-state index contributed by atoms with van der Waals surface area (Å²) in [6, 6.07) is 8.37. The Balaban J connectivity index is 1.61. The van der Waals surface area contributed by atoms with E-state index in [1.54, 1.807) is 6.20 Å². The van der Waals surface area contributed by atoms with E-state index in [1.807, 2.05) is 6.08 Å². The molecule has 2 saturated heterocycles. The van der Waals surface area contributed by atoms with Gasteiger partial charge in [-0.15, -0.1) is 0 Å². The number of nitrogens with one attached hydrogen (secondary N) is 1. The van der Waals surface area contributed by atoms with Crippen LogP contribution in [-0.2, 0) is 4.74 Å². The Morgan fingerprint density at radius 3 is 2.48 bits per heavy atom. The molecule has 2 fully saturated rings. The highest BCUT2D eigenvalue weighted by Gasteiger charge is 2.17. The van der Waals surface area contributed by atoms with Crippen molar-refractivity contribution in [3.8, 4) is 0 Å². The number of aliphatic imine (C=N–C) groups is 1. The quantitative estimate of drug-likeness (QED) is 0.617. The molecule has 2 heterocycles. The normalized spacial score (nSPS) is 19.5. The molecule has 0 aliphatic carbocycles. The Kier molecular flexibility index (Phi) is 6.76. The van der Waals surface area contributed by atoms with E-state index >= 15 is 0 Å². The Bertz CT molecular complexity index is 668. The van der Waals surface area contributed by atoms with E-state index in [0.29, 0.717) is 5.82 Å². The maximum Gasteiger partial charge on any atom is 0.132 e. The van der Waals surface area contributed by atoms with Crippen LogP contribution >= 0.6 is 0 Å². The molecule has 27 heavy (non-hydrogen) atoms. The van der Waals surface area contributed by atoms with Crippen LogP contribution in [0.5, 0.6) is 0 Å². The van der Waals surface area contributed by atoms with Crippen molar-refractivity contribution in [2.75, 3.05) is 49.6 Å². The predicted octanol–water partition coefficient (Wildman–Crippen LogP) is 3.01. The molecule has 0 radical (unpaired) electrons. The number of hydrogen-bond acceptors (Lipinski definition) is 5. The van der Waals surface area contributed by atoms with Gasteiger partial charge in [0.25, 0.3) is 0 Å². The molecule has 2 aliphatic rings. The van der Waals surface area contributed by atoms with Crippen LogP contribution in [0.3, 0.4) is 0 Å². The van der Waals surface area contributed by atoms with Crippen LogP contribution in [0, 0.1) is 5.92 Å². The van der Waals surface area contributed by atoms with Gasteiger partial charge in [0, 0.05) is 37.6 Å². The van der Waals surface area contributed by atoms with E-state index in [2.05, 4.69) is 57.9 Å². The lowest BCUT2D eigenvalue weighted by molar-refractivity contribution is 0.122. The number of nitrogens with zero attached hydrogens (tertiary/aromatic N) is 3. The van der Waals surface area contributed by atoms with Gasteiger partial charge in [0.2, 0.25) is 0 Å². The molecule has 3 rings (SSSR count). The highest BCUT2D eigenvalue weighted by atomic mass is 16.5. The lowest BCUT2D eigenvalue weighted by atomic mass is 9.99. The summed E-state index contributed by atoms with van der Waals surface area (Å²) in [6.45, 7) is 11.8. The minimum atomic E-state index is 0.612. The summed E-state index contributed by atoms with van der Waals surface area (Å²) >= 11 is 0. The summed E-state index contributed by atoms with van der Waals surface area (Å²) in [5.41, 5.74) is 7.82. The second-order valence-electron chi connectivity index (χ2n) is 7.22. The van der Waals surface area contributed by atoms with E-state index in [0.717, 1.165) is 56.8 Å². The molecule has 0 spiro atoms. The second-order valence-corrected chi connectivity index (χ2v) is 7.22. The van der Waals surface area contributed by atoms with E-state index in [-0.39, 0.29) is 0 Å². The first-order chi connectivity index (χ1) is 13.2. The maximum atomic E-state index is 5.63. The van der Waals surface area contributed by atoms with Crippen LogP contribution in [0.1, 0.15) is 19.8 Å². The summed E-state index contributed by atoms with van der Waals surface area (Å²) in [4.78, 5) is 9.28. The number of nitrogens with two attached hydrogens (primary N) is 1. The van der Waals surface area contributed by atoms with Crippen LogP contribution in [0.15, 0.2) is 53.9 Å². The fourth-order valence-electron chi connectivity index (χ4n) is 3.45. The van der Waals surface area contributed by atoms with Crippen LogP contribution < -0.4 is 16.0 Å². The van der Waals surface area contributed by atoms with Gasteiger partial charge in [0.15, 0.2) is 0 Å². The minimum absolute atomic E-state index is 0.612. The monoisotopic (exact) mass is 369 g/mol. The number of benzene rings is 1. The molecule has 0 amide bonds. The number of piperidine rings is 1. The molecular formula is C21H31N5O. The van der Waals surface area contributed by atoms with Crippen LogP contribution in [0.25, 0.3) is 0 Å². The van der Waals surface area contributed by atoms with Crippen molar-refractivity contribution in [2.45, 2.75) is 19.8 Å². The summed E-state index contributed by atoms with van der Waals surface area (Å²) in [5, 5.41) is 3.28. The zero-order valence-corrected chi connectivity index (χ0v) is 16.2. The van der Waals surface area contributed by atoms with Crippen LogP contribution in [0.4, 0.5) is 11.4 Å². The van der Waals surface area contributed by atoms with Gasteiger partial charge in [-0.05, 0) is 55.3 Å². The summed E-state index contributed by atoms with van der Waals surface area (Å²) in [7, 11) is 0. The number of ether oxygens (including phenoxy) is 1. The average Bonchev–Trinajstić information content (AvgIpc) is 2.69. The average molecular weight is 370 g/mol. The zero-order valence-electron chi connectivity index (χ0n) is 16.2. The van der Waals surface area contributed by atoms with Gasteiger partial charge in [0.1, 0.15) is 11.7 Å². The Morgan fingerprint density at radius 1 is 1.19 bits per heavy atom. The smallest absolute Gasteiger partial charge is 0.132 e. The molecule has 0 saturated carbocycles. The van der Waals surface area contributed by atoms with Crippen molar-refractivity contribution in [2.24, 2.45) is 16.6 Å². The number of morpholine rings is 1. The molecule has 3 N–H and O–H groups in total. The second kappa shape index (κ2) is 9.46. The van der Waals surface area contributed by atoms with E-state index in [4.69, 9.17) is 10.5 Å². The van der Waals surface area contributed by atoms with Crippen molar-refractivity contribution in [3.63, 3.8) is 0 Å². The molecule has 2 aliphatic heterocycles. The third kappa shape index (κ3) is 5.50.